The van der Waals surface area contributed by atoms with E-state index in [2.05, 4.69) is 4.90 Å². The first-order valence-electron chi connectivity index (χ1n) is 8.12. The average Bonchev–Trinajstić information content (AvgIpc) is 3.09. The number of likely N-dealkylation sites (N-methyl/N-ethyl adjacent to an activating group) is 1. The lowest BCUT2D eigenvalue weighted by Gasteiger charge is -2.32. The van der Waals surface area contributed by atoms with E-state index in [0.717, 1.165) is 25.9 Å². The Hall–Kier alpha value is -1.71. The van der Waals surface area contributed by atoms with Crippen molar-refractivity contribution in [1.29, 1.82) is 0 Å². The van der Waals surface area contributed by atoms with Gasteiger partial charge in [0.1, 0.15) is 4.90 Å². The van der Waals surface area contributed by atoms with Crippen LogP contribution >= 0.6 is 0 Å². The van der Waals surface area contributed by atoms with E-state index in [4.69, 9.17) is 0 Å². The number of rotatable bonds is 4. The summed E-state index contributed by atoms with van der Waals surface area (Å²) in [6.45, 7) is 3.71. The quantitative estimate of drug-likeness (QED) is 0.595. The van der Waals surface area contributed by atoms with Crippen LogP contribution in [0.4, 0.5) is 11.4 Å². The molecule has 0 radical (unpaired) electrons. The molecule has 1 aromatic carbocycles. The summed E-state index contributed by atoms with van der Waals surface area (Å²) in [5, 5.41) is 11.1. The van der Waals surface area contributed by atoms with Gasteiger partial charge in [0.15, 0.2) is 0 Å². The molecule has 2 aliphatic rings. The lowest BCUT2D eigenvalue weighted by Crippen LogP contribution is -2.47. The number of hydrogen-bond donors (Lipinski definition) is 0. The summed E-state index contributed by atoms with van der Waals surface area (Å²) < 4.78 is 27.6. The Morgan fingerprint density at radius 1 is 1.04 bits per heavy atom. The summed E-state index contributed by atoms with van der Waals surface area (Å²) in [5.41, 5.74) is 0.384. The van der Waals surface area contributed by atoms with E-state index in [-0.39, 0.29) is 10.6 Å². The van der Waals surface area contributed by atoms with E-state index < -0.39 is 14.9 Å². The Morgan fingerprint density at radius 2 is 1.67 bits per heavy atom. The van der Waals surface area contributed by atoms with Gasteiger partial charge >= 0.3 is 0 Å². The van der Waals surface area contributed by atoms with E-state index in [1.54, 1.807) is 0 Å². The van der Waals surface area contributed by atoms with Crippen LogP contribution in [-0.4, -0.2) is 68.9 Å². The fourth-order valence-electron chi connectivity index (χ4n) is 3.21. The summed E-state index contributed by atoms with van der Waals surface area (Å²) in [5.74, 6) is 0. The van der Waals surface area contributed by atoms with Gasteiger partial charge in [-0.25, -0.2) is 8.42 Å². The van der Waals surface area contributed by atoms with Crippen molar-refractivity contribution in [2.24, 2.45) is 0 Å². The number of nitro groups is 1. The number of nitrogens with zero attached hydrogens (tertiary/aromatic N) is 4. The zero-order chi connectivity index (χ0) is 17.3. The number of benzene rings is 1. The van der Waals surface area contributed by atoms with Gasteiger partial charge in [-0.1, -0.05) is 0 Å². The van der Waals surface area contributed by atoms with E-state index in [0.29, 0.717) is 31.9 Å². The van der Waals surface area contributed by atoms with E-state index in [1.165, 1.54) is 22.5 Å². The summed E-state index contributed by atoms with van der Waals surface area (Å²) in [6, 6.07) is 4.07. The number of hydrogen-bond acceptors (Lipinski definition) is 6. The van der Waals surface area contributed by atoms with Crippen LogP contribution in [0.3, 0.4) is 0 Å². The van der Waals surface area contributed by atoms with Crippen LogP contribution in [0.25, 0.3) is 0 Å². The minimum Gasteiger partial charge on any atom is -0.370 e. The van der Waals surface area contributed by atoms with Crippen LogP contribution < -0.4 is 4.90 Å². The van der Waals surface area contributed by atoms with Crippen LogP contribution in [0, 0.1) is 10.1 Å². The van der Waals surface area contributed by atoms with Crippen molar-refractivity contribution in [3.05, 3.63) is 28.3 Å². The van der Waals surface area contributed by atoms with Crippen molar-refractivity contribution in [2.45, 2.75) is 17.7 Å². The van der Waals surface area contributed by atoms with Gasteiger partial charge in [-0.2, -0.15) is 4.31 Å². The molecule has 2 saturated heterocycles. The molecule has 8 nitrogen and oxygen atoms in total. The van der Waals surface area contributed by atoms with E-state index >= 15 is 0 Å². The Balaban J connectivity index is 2.00. The number of nitro benzene ring substituents is 1. The van der Waals surface area contributed by atoms with Crippen molar-refractivity contribution in [3.63, 3.8) is 0 Å². The third kappa shape index (κ3) is 3.24. The van der Waals surface area contributed by atoms with Crippen molar-refractivity contribution in [1.82, 2.24) is 9.21 Å². The Kier molecular flexibility index (Phi) is 4.75. The molecule has 132 valence electrons. The molecule has 0 atom stereocenters. The van der Waals surface area contributed by atoms with Crippen LogP contribution in [0.15, 0.2) is 23.1 Å². The highest BCUT2D eigenvalue weighted by atomic mass is 32.2. The van der Waals surface area contributed by atoms with Crippen LogP contribution in [0.5, 0.6) is 0 Å². The first kappa shape index (κ1) is 17.1. The lowest BCUT2D eigenvalue weighted by atomic mass is 10.2. The molecule has 2 fully saturated rings. The van der Waals surface area contributed by atoms with Gasteiger partial charge in [0.25, 0.3) is 5.69 Å². The smallest absolute Gasteiger partial charge is 0.271 e. The Morgan fingerprint density at radius 3 is 2.25 bits per heavy atom. The molecule has 0 unspecified atom stereocenters. The highest BCUT2D eigenvalue weighted by molar-refractivity contribution is 7.89. The second kappa shape index (κ2) is 6.66. The summed E-state index contributed by atoms with van der Waals surface area (Å²) in [7, 11) is -1.69. The van der Waals surface area contributed by atoms with Gasteiger partial charge in [-0.15, -0.1) is 0 Å². The van der Waals surface area contributed by atoms with Crippen molar-refractivity contribution in [3.8, 4) is 0 Å². The van der Waals surface area contributed by atoms with Crippen molar-refractivity contribution in [2.75, 3.05) is 51.2 Å². The summed E-state index contributed by atoms with van der Waals surface area (Å²) >= 11 is 0. The minimum absolute atomic E-state index is 0.0748. The second-order valence-electron chi connectivity index (χ2n) is 6.31. The number of piperazine rings is 1. The van der Waals surface area contributed by atoms with Gasteiger partial charge in [0, 0.05) is 51.4 Å². The van der Waals surface area contributed by atoms with Gasteiger partial charge in [0.2, 0.25) is 10.0 Å². The zero-order valence-corrected chi connectivity index (χ0v) is 14.5. The number of anilines is 1. The molecule has 2 aliphatic heterocycles. The SMILES string of the molecule is CN1CCN(S(=O)(=O)c2ccc([N+](=O)[O-])cc2N2CCCC2)CC1. The molecule has 2 heterocycles. The maximum Gasteiger partial charge on any atom is 0.271 e. The van der Waals surface area contributed by atoms with Gasteiger partial charge < -0.3 is 9.80 Å². The Labute approximate surface area is 141 Å². The second-order valence-corrected chi connectivity index (χ2v) is 8.22. The number of sulfonamides is 1. The number of non-ortho nitro benzene ring substituents is 1. The molecule has 3 rings (SSSR count). The fourth-order valence-corrected chi connectivity index (χ4v) is 4.82. The maximum absolute atomic E-state index is 13.1. The maximum atomic E-state index is 13.1. The largest absolute Gasteiger partial charge is 0.370 e. The first-order chi connectivity index (χ1) is 11.4. The van der Waals surface area contributed by atoms with E-state index in [9.17, 15) is 18.5 Å². The summed E-state index contributed by atoms with van der Waals surface area (Å²) in [6.07, 6.45) is 1.94. The molecule has 1 aromatic rings. The molecule has 0 spiro atoms. The fraction of sp³-hybridized carbons (Fsp3) is 0.600. The van der Waals surface area contributed by atoms with Crippen molar-refractivity contribution >= 4 is 21.4 Å². The summed E-state index contributed by atoms with van der Waals surface area (Å²) in [4.78, 5) is 14.8. The van der Waals surface area contributed by atoms with Crippen LogP contribution in [0.2, 0.25) is 0 Å². The Bertz CT molecular complexity index is 723. The lowest BCUT2D eigenvalue weighted by molar-refractivity contribution is -0.384. The third-order valence-electron chi connectivity index (χ3n) is 4.68. The zero-order valence-electron chi connectivity index (χ0n) is 13.7. The predicted octanol–water partition coefficient (Wildman–Crippen LogP) is 1.13. The molecule has 0 aromatic heterocycles. The molecule has 0 saturated carbocycles. The molecular weight excluding hydrogens is 332 g/mol. The molecule has 0 amide bonds. The molecule has 0 aliphatic carbocycles. The van der Waals surface area contributed by atoms with E-state index in [1.807, 2.05) is 11.9 Å². The molecule has 24 heavy (non-hydrogen) atoms. The minimum atomic E-state index is -3.65. The predicted molar refractivity (Wildman–Crippen MR) is 90.8 cm³/mol. The van der Waals surface area contributed by atoms with Crippen LogP contribution in [-0.2, 0) is 10.0 Å². The average molecular weight is 354 g/mol. The highest BCUT2D eigenvalue weighted by Crippen LogP contribution is 2.33. The topological polar surface area (TPSA) is 87.0 Å². The first-order valence-corrected chi connectivity index (χ1v) is 9.56. The molecular formula is C15H22N4O4S. The highest BCUT2D eigenvalue weighted by Gasteiger charge is 2.32. The molecule has 9 heteroatoms. The van der Waals surface area contributed by atoms with Crippen LogP contribution in [0.1, 0.15) is 12.8 Å². The van der Waals surface area contributed by atoms with Gasteiger partial charge in [-0.05, 0) is 26.0 Å². The molecule has 0 bridgehead atoms. The normalized spacial score (nSPS) is 20.5. The third-order valence-corrected chi connectivity index (χ3v) is 6.63. The standard InChI is InChI=1S/C15H22N4O4S/c1-16-8-10-18(11-9-16)24(22,23)15-5-4-13(19(20)21)12-14(15)17-6-2-3-7-17/h4-5,12H,2-3,6-11H2,1H3. The van der Waals surface area contributed by atoms with Crippen molar-refractivity contribution < 1.29 is 13.3 Å². The monoisotopic (exact) mass is 354 g/mol. The molecule has 0 N–H and O–H groups in total. The van der Waals surface area contributed by atoms with Gasteiger partial charge in [0.05, 0.1) is 10.6 Å². The van der Waals surface area contributed by atoms with Gasteiger partial charge in [-0.3, -0.25) is 10.1 Å².